The van der Waals surface area contributed by atoms with E-state index in [2.05, 4.69) is 41.2 Å². The Bertz CT molecular complexity index is 331. The molecule has 1 atom stereocenters. The van der Waals surface area contributed by atoms with Crippen molar-refractivity contribution in [3.8, 4) is 0 Å². The van der Waals surface area contributed by atoms with Crippen LogP contribution in [0.15, 0.2) is 29.3 Å². The Hall–Kier alpha value is -1.31. The zero-order valence-corrected chi connectivity index (χ0v) is 8.07. The van der Waals surface area contributed by atoms with Gasteiger partial charge in [-0.2, -0.15) is 0 Å². The van der Waals surface area contributed by atoms with Gasteiger partial charge in [0.15, 0.2) is 0 Å². The number of hydrogen-bond donors (Lipinski definition) is 0. The van der Waals surface area contributed by atoms with Crippen LogP contribution in [-0.4, -0.2) is 26.4 Å². The summed E-state index contributed by atoms with van der Waals surface area (Å²) in [6.07, 6.45) is 3.10. The highest BCUT2D eigenvalue weighted by Gasteiger charge is 2.23. The highest BCUT2D eigenvalue weighted by atomic mass is 15.2. The summed E-state index contributed by atoms with van der Waals surface area (Å²) in [6.45, 7) is 0. The van der Waals surface area contributed by atoms with E-state index in [1.54, 1.807) is 0 Å². The van der Waals surface area contributed by atoms with Gasteiger partial charge >= 0.3 is 0 Å². The first-order valence-electron chi connectivity index (χ1n) is 4.56. The van der Waals surface area contributed by atoms with Crippen LogP contribution < -0.4 is 4.90 Å². The Labute approximate surface area is 78.9 Å². The molecular weight excluding hydrogens is 160 g/mol. The van der Waals surface area contributed by atoms with E-state index < -0.39 is 0 Å². The van der Waals surface area contributed by atoms with Crippen molar-refractivity contribution in [2.75, 3.05) is 19.0 Å². The molecular formula is C11H14N2. The van der Waals surface area contributed by atoms with Crippen molar-refractivity contribution in [3.63, 3.8) is 0 Å². The molecule has 0 saturated carbocycles. The number of anilines is 1. The monoisotopic (exact) mass is 174 g/mol. The van der Waals surface area contributed by atoms with Crippen LogP contribution in [0.3, 0.4) is 0 Å². The first-order chi connectivity index (χ1) is 6.33. The average molecular weight is 174 g/mol. The third kappa shape index (κ3) is 1.32. The van der Waals surface area contributed by atoms with Gasteiger partial charge in [0.2, 0.25) is 0 Å². The van der Waals surface area contributed by atoms with Crippen LogP contribution >= 0.6 is 0 Å². The topological polar surface area (TPSA) is 15.6 Å². The first kappa shape index (κ1) is 8.30. The van der Waals surface area contributed by atoms with Crippen molar-refractivity contribution in [1.82, 2.24) is 0 Å². The van der Waals surface area contributed by atoms with E-state index in [1.165, 1.54) is 11.3 Å². The summed E-state index contributed by atoms with van der Waals surface area (Å²) in [5.74, 6) is 0. The van der Waals surface area contributed by atoms with Gasteiger partial charge in [0.05, 0.1) is 6.04 Å². The van der Waals surface area contributed by atoms with Crippen LogP contribution in [0.4, 0.5) is 5.69 Å². The summed E-state index contributed by atoms with van der Waals surface area (Å²) in [4.78, 5) is 6.36. The lowest BCUT2D eigenvalue weighted by Gasteiger charge is -2.18. The molecule has 0 aliphatic carbocycles. The lowest BCUT2D eigenvalue weighted by Crippen LogP contribution is -2.28. The Morgan fingerprint density at radius 2 is 2.23 bits per heavy atom. The Morgan fingerprint density at radius 1 is 1.46 bits per heavy atom. The second kappa shape index (κ2) is 3.21. The van der Waals surface area contributed by atoms with Gasteiger partial charge in [0, 0.05) is 26.0 Å². The number of nitrogens with zero attached hydrogens (tertiary/aromatic N) is 2. The van der Waals surface area contributed by atoms with Gasteiger partial charge in [0.1, 0.15) is 0 Å². The smallest absolute Gasteiger partial charge is 0.0677 e. The number of para-hydroxylation sites is 1. The van der Waals surface area contributed by atoms with Gasteiger partial charge in [-0.1, -0.05) is 18.2 Å². The van der Waals surface area contributed by atoms with Crippen LogP contribution in [0.25, 0.3) is 0 Å². The van der Waals surface area contributed by atoms with Crippen LogP contribution in [0.5, 0.6) is 0 Å². The molecule has 0 fully saturated rings. The summed E-state index contributed by atoms with van der Waals surface area (Å²) in [7, 11) is 3.95. The van der Waals surface area contributed by atoms with Gasteiger partial charge in [0.25, 0.3) is 0 Å². The average Bonchev–Trinajstić information content (AvgIpc) is 2.46. The number of likely N-dealkylation sites (N-methyl/N-ethyl adjacent to an activating group) is 1. The van der Waals surface area contributed by atoms with E-state index in [-0.39, 0.29) is 0 Å². The van der Waals surface area contributed by atoms with E-state index in [1.807, 2.05) is 13.3 Å². The normalized spacial score (nSPS) is 21.1. The largest absolute Gasteiger partial charge is 0.366 e. The minimum absolute atomic E-state index is 0.447. The highest BCUT2D eigenvalue weighted by molar-refractivity contribution is 5.76. The molecule has 2 nitrogen and oxygen atoms in total. The molecule has 13 heavy (non-hydrogen) atoms. The molecule has 1 aromatic carbocycles. The summed E-state index contributed by atoms with van der Waals surface area (Å²) < 4.78 is 0. The third-order valence-corrected chi connectivity index (χ3v) is 2.62. The van der Waals surface area contributed by atoms with Crippen molar-refractivity contribution < 1.29 is 0 Å². The summed E-state index contributed by atoms with van der Waals surface area (Å²) in [5.41, 5.74) is 2.77. The third-order valence-electron chi connectivity index (χ3n) is 2.62. The van der Waals surface area contributed by atoms with Crippen LogP contribution in [0.1, 0.15) is 5.56 Å². The number of aliphatic imine (C=N–C) groups is 1. The second-order valence-corrected chi connectivity index (χ2v) is 3.42. The van der Waals surface area contributed by atoms with E-state index in [0.29, 0.717) is 6.04 Å². The number of rotatable bonds is 1. The predicted octanol–water partition coefficient (Wildman–Crippen LogP) is 1.75. The number of hydrogen-bond acceptors (Lipinski definition) is 2. The molecule has 2 rings (SSSR count). The molecule has 2 heteroatoms. The fraction of sp³-hybridized carbons (Fsp3) is 0.364. The molecule has 1 aliphatic heterocycles. The molecule has 0 aromatic heterocycles. The molecule has 0 radical (unpaired) electrons. The van der Waals surface area contributed by atoms with E-state index in [4.69, 9.17) is 0 Å². The Morgan fingerprint density at radius 3 is 2.92 bits per heavy atom. The van der Waals surface area contributed by atoms with E-state index in [0.717, 1.165) is 6.42 Å². The van der Waals surface area contributed by atoms with Crippen molar-refractivity contribution in [2.24, 2.45) is 4.99 Å². The van der Waals surface area contributed by atoms with Gasteiger partial charge in [-0.15, -0.1) is 0 Å². The van der Waals surface area contributed by atoms with Gasteiger partial charge in [-0.05, 0) is 18.1 Å². The van der Waals surface area contributed by atoms with Crippen LogP contribution in [0, 0.1) is 0 Å². The van der Waals surface area contributed by atoms with E-state index >= 15 is 0 Å². The molecule has 1 aromatic rings. The van der Waals surface area contributed by atoms with Crippen LogP contribution in [0.2, 0.25) is 0 Å². The maximum absolute atomic E-state index is 4.08. The van der Waals surface area contributed by atoms with Crippen LogP contribution in [-0.2, 0) is 6.42 Å². The maximum Gasteiger partial charge on any atom is 0.0677 e. The SMILES string of the molecule is CN=CC1Cc2ccccc2N1C. The molecule has 0 saturated heterocycles. The summed E-state index contributed by atoms with van der Waals surface area (Å²) in [6, 6.07) is 8.98. The second-order valence-electron chi connectivity index (χ2n) is 3.42. The highest BCUT2D eigenvalue weighted by Crippen LogP contribution is 2.29. The minimum atomic E-state index is 0.447. The van der Waals surface area contributed by atoms with Crippen molar-refractivity contribution in [3.05, 3.63) is 29.8 Å². The summed E-state index contributed by atoms with van der Waals surface area (Å²) in [5, 5.41) is 0. The first-order valence-corrected chi connectivity index (χ1v) is 4.56. The quantitative estimate of drug-likeness (QED) is 0.592. The lowest BCUT2D eigenvalue weighted by molar-refractivity contribution is 0.852. The molecule has 68 valence electrons. The van der Waals surface area contributed by atoms with Gasteiger partial charge in [-0.25, -0.2) is 0 Å². The fourth-order valence-electron chi connectivity index (χ4n) is 1.89. The molecule has 1 heterocycles. The van der Waals surface area contributed by atoms with Gasteiger partial charge in [-0.3, -0.25) is 4.99 Å². The molecule has 0 amide bonds. The predicted molar refractivity (Wildman–Crippen MR) is 56.8 cm³/mol. The van der Waals surface area contributed by atoms with Crippen molar-refractivity contribution in [1.29, 1.82) is 0 Å². The van der Waals surface area contributed by atoms with E-state index in [9.17, 15) is 0 Å². The fourth-order valence-corrected chi connectivity index (χ4v) is 1.89. The minimum Gasteiger partial charge on any atom is -0.366 e. The molecule has 0 N–H and O–H groups in total. The Balaban J connectivity index is 2.32. The van der Waals surface area contributed by atoms with Gasteiger partial charge < -0.3 is 4.90 Å². The number of benzene rings is 1. The van der Waals surface area contributed by atoms with Crippen molar-refractivity contribution >= 4 is 11.9 Å². The standard InChI is InChI=1S/C11H14N2/c1-12-8-10-7-9-5-3-4-6-11(9)13(10)2/h3-6,8,10H,7H2,1-2H3. The molecule has 1 aliphatic rings. The molecule has 1 unspecified atom stereocenters. The lowest BCUT2D eigenvalue weighted by atomic mass is 10.1. The van der Waals surface area contributed by atoms with Crippen molar-refractivity contribution in [2.45, 2.75) is 12.5 Å². The maximum atomic E-state index is 4.08. The molecule has 0 spiro atoms. The molecule has 0 bridgehead atoms. The summed E-state index contributed by atoms with van der Waals surface area (Å²) >= 11 is 0. The number of fused-ring (bicyclic) bond motifs is 1. The zero-order valence-electron chi connectivity index (χ0n) is 8.07. The zero-order chi connectivity index (χ0) is 9.26. The Kier molecular flexibility index (Phi) is 2.05.